The van der Waals surface area contributed by atoms with E-state index in [1.807, 2.05) is 65.9 Å². The van der Waals surface area contributed by atoms with Gasteiger partial charge < -0.3 is 0 Å². The summed E-state index contributed by atoms with van der Waals surface area (Å²) in [5.41, 5.74) is 3.01. The van der Waals surface area contributed by atoms with Crippen LogP contribution in [0.3, 0.4) is 0 Å². The lowest BCUT2D eigenvalue weighted by Gasteiger charge is -2.11. The second kappa shape index (κ2) is 7.83. The van der Waals surface area contributed by atoms with Crippen molar-refractivity contribution in [3.63, 3.8) is 0 Å². The quantitative estimate of drug-likeness (QED) is 0.482. The Morgan fingerprint density at radius 3 is 2.62 bits per heavy atom. The van der Waals surface area contributed by atoms with Crippen molar-refractivity contribution in [2.75, 3.05) is 13.6 Å². The maximum Gasteiger partial charge on any atom is 0.204 e. The van der Waals surface area contributed by atoms with Crippen LogP contribution < -0.4 is 0 Å². The van der Waals surface area contributed by atoms with Crippen LogP contribution in [0.15, 0.2) is 48.5 Å². The van der Waals surface area contributed by atoms with E-state index in [1.54, 1.807) is 4.68 Å². The SMILES string of the molecule is Cc1cccc(-n2c(-c3ccc(Cl)cc3)nn(CN(C)CC#N)c2=S)c1. The summed E-state index contributed by atoms with van der Waals surface area (Å²) in [4.78, 5) is 1.86. The van der Waals surface area contributed by atoms with E-state index in [1.165, 1.54) is 0 Å². The number of aryl methyl sites for hydroxylation is 1. The van der Waals surface area contributed by atoms with Crippen LogP contribution in [0, 0.1) is 23.0 Å². The molecule has 2 aromatic carbocycles. The lowest BCUT2D eigenvalue weighted by molar-refractivity contribution is 0.280. The van der Waals surface area contributed by atoms with E-state index in [9.17, 15) is 0 Å². The van der Waals surface area contributed by atoms with Gasteiger partial charge in [0.15, 0.2) is 5.82 Å². The summed E-state index contributed by atoms with van der Waals surface area (Å²) >= 11 is 11.7. The molecule has 0 aliphatic heterocycles. The molecule has 0 saturated carbocycles. The molecule has 0 radical (unpaired) electrons. The van der Waals surface area contributed by atoms with Crippen LogP contribution in [-0.4, -0.2) is 32.8 Å². The third-order valence-electron chi connectivity index (χ3n) is 3.92. The number of rotatable bonds is 5. The summed E-state index contributed by atoms with van der Waals surface area (Å²) < 4.78 is 4.26. The van der Waals surface area contributed by atoms with Gasteiger partial charge >= 0.3 is 0 Å². The molecular formula is C19H18ClN5S. The molecule has 0 spiro atoms. The molecule has 26 heavy (non-hydrogen) atoms. The molecule has 1 aromatic heterocycles. The zero-order valence-electron chi connectivity index (χ0n) is 14.6. The minimum atomic E-state index is 0.301. The Kier molecular flexibility index (Phi) is 5.52. The summed E-state index contributed by atoms with van der Waals surface area (Å²) in [6.45, 7) is 2.78. The van der Waals surface area contributed by atoms with E-state index >= 15 is 0 Å². The molecular weight excluding hydrogens is 366 g/mol. The summed E-state index contributed by atoms with van der Waals surface area (Å²) in [6, 6.07) is 17.8. The summed E-state index contributed by atoms with van der Waals surface area (Å²) in [7, 11) is 1.86. The van der Waals surface area contributed by atoms with Crippen molar-refractivity contribution in [3.05, 3.63) is 63.9 Å². The zero-order chi connectivity index (χ0) is 18.7. The Balaban J connectivity index is 2.16. The Hall–Kier alpha value is -2.46. The topological polar surface area (TPSA) is 49.8 Å². The van der Waals surface area contributed by atoms with Crippen molar-refractivity contribution in [3.8, 4) is 23.1 Å². The standard InChI is InChI=1S/C19H18ClN5S/c1-14-4-3-5-17(12-14)25-18(15-6-8-16(20)9-7-15)22-24(19(25)26)13-23(2)11-10-21/h3-9,12H,11,13H2,1-2H3. The lowest BCUT2D eigenvalue weighted by atomic mass is 10.2. The molecule has 0 N–H and O–H groups in total. The molecule has 0 amide bonds. The van der Waals surface area contributed by atoms with Gasteiger partial charge in [0, 0.05) is 10.6 Å². The van der Waals surface area contributed by atoms with E-state index in [-0.39, 0.29) is 0 Å². The van der Waals surface area contributed by atoms with Gasteiger partial charge in [0.05, 0.1) is 25.0 Å². The van der Waals surface area contributed by atoms with Crippen LogP contribution in [0.2, 0.25) is 5.02 Å². The van der Waals surface area contributed by atoms with Gasteiger partial charge in [-0.05, 0) is 68.2 Å². The number of nitrogens with zero attached hydrogens (tertiary/aromatic N) is 5. The molecule has 132 valence electrons. The summed E-state index contributed by atoms with van der Waals surface area (Å²) in [6.07, 6.45) is 0. The largest absolute Gasteiger partial charge is 0.274 e. The molecule has 0 bridgehead atoms. The van der Waals surface area contributed by atoms with Crippen molar-refractivity contribution in [2.45, 2.75) is 13.6 Å². The number of aromatic nitrogens is 3. The smallest absolute Gasteiger partial charge is 0.204 e. The van der Waals surface area contributed by atoms with Crippen LogP contribution in [0.5, 0.6) is 0 Å². The van der Waals surface area contributed by atoms with E-state index < -0.39 is 0 Å². The maximum atomic E-state index is 8.89. The fraction of sp³-hybridized carbons (Fsp3) is 0.211. The highest BCUT2D eigenvalue weighted by atomic mass is 35.5. The third kappa shape index (κ3) is 3.86. The van der Waals surface area contributed by atoms with Crippen molar-refractivity contribution < 1.29 is 0 Å². The average molecular weight is 384 g/mol. The van der Waals surface area contributed by atoms with Crippen molar-refractivity contribution in [1.82, 2.24) is 19.2 Å². The van der Waals surface area contributed by atoms with Gasteiger partial charge in [-0.1, -0.05) is 23.7 Å². The fourth-order valence-corrected chi connectivity index (χ4v) is 3.10. The Morgan fingerprint density at radius 1 is 1.23 bits per heavy atom. The second-order valence-electron chi connectivity index (χ2n) is 6.10. The molecule has 0 fully saturated rings. The normalized spacial score (nSPS) is 10.9. The number of hydrogen-bond donors (Lipinski definition) is 0. The first kappa shape index (κ1) is 18.3. The fourth-order valence-electron chi connectivity index (χ4n) is 2.68. The molecule has 0 aliphatic carbocycles. The molecule has 1 heterocycles. The monoisotopic (exact) mass is 383 g/mol. The van der Waals surface area contributed by atoms with Crippen molar-refractivity contribution in [2.24, 2.45) is 0 Å². The molecule has 0 unspecified atom stereocenters. The lowest BCUT2D eigenvalue weighted by Crippen LogP contribution is -2.23. The van der Waals surface area contributed by atoms with Crippen LogP contribution >= 0.6 is 23.8 Å². The highest BCUT2D eigenvalue weighted by Gasteiger charge is 2.15. The molecule has 3 aromatic rings. The number of nitriles is 1. The molecule has 0 saturated heterocycles. The number of halogens is 1. The first-order valence-electron chi connectivity index (χ1n) is 8.08. The van der Waals surface area contributed by atoms with Gasteiger partial charge in [0.25, 0.3) is 0 Å². The van der Waals surface area contributed by atoms with E-state index in [0.29, 0.717) is 23.0 Å². The van der Waals surface area contributed by atoms with E-state index in [0.717, 1.165) is 22.6 Å². The van der Waals surface area contributed by atoms with Crippen molar-refractivity contribution in [1.29, 1.82) is 5.26 Å². The van der Waals surface area contributed by atoms with Gasteiger partial charge in [-0.3, -0.25) is 9.47 Å². The summed E-state index contributed by atoms with van der Waals surface area (Å²) in [5, 5.41) is 14.3. The Morgan fingerprint density at radius 2 is 1.96 bits per heavy atom. The maximum absolute atomic E-state index is 8.89. The second-order valence-corrected chi connectivity index (χ2v) is 6.90. The van der Waals surface area contributed by atoms with Gasteiger partial charge in [0.1, 0.15) is 0 Å². The molecule has 5 nitrogen and oxygen atoms in total. The number of hydrogen-bond acceptors (Lipinski definition) is 4. The molecule has 3 rings (SSSR count). The van der Waals surface area contributed by atoms with Crippen molar-refractivity contribution >= 4 is 23.8 Å². The Labute approximate surface area is 162 Å². The Bertz CT molecular complexity index is 1010. The molecule has 7 heteroatoms. The molecule has 0 atom stereocenters. The van der Waals surface area contributed by atoms with Crippen LogP contribution in [0.4, 0.5) is 0 Å². The zero-order valence-corrected chi connectivity index (χ0v) is 16.1. The van der Waals surface area contributed by atoms with Crippen LogP contribution in [-0.2, 0) is 6.67 Å². The predicted octanol–water partition coefficient (Wildman–Crippen LogP) is 4.44. The van der Waals surface area contributed by atoms with Crippen LogP contribution in [0.1, 0.15) is 5.56 Å². The predicted molar refractivity (Wildman–Crippen MR) is 106 cm³/mol. The van der Waals surface area contributed by atoms with Gasteiger partial charge in [0.2, 0.25) is 4.77 Å². The van der Waals surface area contributed by atoms with Crippen LogP contribution in [0.25, 0.3) is 17.1 Å². The molecule has 0 aliphatic rings. The van der Waals surface area contributed by atoms with E-state index in [2.05, 4.69) is 12.1 Å². The highest BCUT2D eigenvalue weighted by Crippen LogP contribution is 2.24. The first-order valence-corrected chi connectivity index (χ1v) is 8.86. The van der Waals surface area contributed by atoms with Gasteiger partial charge in [-0.2, -0.15) is 5.26 Å². The summed E-state index contributed by atoms with van der Waals surface area (Å²) in [5.74, 6) is 0.739. The van der Waals surface area contributed by atoms with E-state index in [4.69, 9.17) is 34.2 Å². The third-order valence-corrected chi connectivity index (χ3v) is 4.56. The van der Waals surface area contributed by atoms with Gasteiger partial charge in [-0.15, -0.1) is 5.10 Å². The average Bonchev–Trinajstić information content (AvgIpc) is 2.92. The minimum Gasteiger partial charge on any atom is -0.274 e. The number of benzene rings is 2. The minimum absolute atomic E-state index is 0.301. The first-order chi connectivity index (χ1) is 12.5. The highest BCUT2D eigenvalue weighted by molar-refractivity contribution is 7.71. The van der Waals surface area contributed by atoms with Gasteiger partial charge in [-0.25, -0.2) is 4.68 Å².